The van der Waals surface area contributed by atoms with Crippen LogP contribution in [0.15, 0.2) is 31.0 Å². The van der Waals surface area contributed by atoms with Gasteiger partial charge in [-0.05, 0) is 19.3 Å². The first-order chi connectivity index (χ1) is 12.5. The number of aliphatic hydroxyl groups is 1. The molecule has 1 amide bonds. The Balaban J connectivity index is 1.39. The van der Waals surface area contributed by atoms with E-state index < -0.39 is 5.60 Å². The quantitative estimate of drug-likeness (QED) is 0.851. The van der Waals surface area contributed by atoms with Gasteiger partial charge in [0.1, 0.15) is 17.2 Å². The van der Waals surface area contributed by atoms with Crippen molar-refractivity contribution in [1.82, 2.24) is 24.8 Å². The van der Waals surface area contributed by atoms with Gasteiger partial charge in [0.15, 0.2) is 0 Å². The number of carbonyl (C=O) groups excluding carboxylic acids is 1. The van der Waals surface area contributed by atoms with Gasteiger partial charge in [0.2, 0.25) is 0 Å². The molecule has 8 heteroatoms. The van der Waals surface area contributed by atoms with E-state index in [1.807, 2.05) is 4.90 Å². The number of rotatable bonds is 5. The highest BCUT2D eigenvalue weighted by atomic mass is 16.3. The maximum absolute atomic E-state index is 12.6. The summed E-state index contributed by atoms with van der Waals surface area (Å²) in [5.74, 6) is 1.83. The molecule has 1 N–H and O–H groups in total. The number of nitrogens with zero attached hydrogens (tertiary/aromatic N) is 6. The molecule has 26 heavy (non-hydrogen) atoms. The fourth-order valence-corrected chi connectivity index (χ4v) is 3.37. The second kappa shape index (κ2) is 6.60. The smallest absolute Gasteiger partial charge is 0.256 e. The third kappa shape index (κ3) is 3.50. The van der Waals surface area contributed by atoms with E-state index in [0.29, 0.717) is 31.0 Å². The molecule has 2 aromatic heterocycles. The molecule has 2 aromatic rings. The molecule has 1 saturated carbocycles. The summed E-state index contributed by atoms with van der Waals surface area (Å²) in [6.45, 7) is 1.34. The van der Waals surface area contributed by atoms with Crippen LogP contribution in [0.2, 0.25) is 0 Å². The molecule has 1 atom stereocenters. The van der Waals surface area contributed by atoms with Gasteiger partial charge in [-0.25, -0.2) is 15.0 Å². The Morgan fingerprint density at radius 1 is 1.27 bits per heavy atom. The summed E-state index contributed by atoms with van der Waals surface area (Å²) in [4.78, 5) is 33.1. The molecule has 1 saturated heterocycles. The van der Waals surface area contributed by atoms with Crippen LogP contribution in [0, 0.1) is 0 Å². The average molecular weight is 354 g/mol. The lowest BCUT2D eigenvalue weighted by atomic mass is 10.0. The predicted molar refractivity (Wildman–Crippen MR) is 94.8 cm³/mol. The van der Waals surface area contributed by atoms with Crippen molar-refractivity contribution in [3.05, 3.63) is 42.4 Å². The van der Waals surface area contributed by atoms with E-state index in [1.54, 1.807) is 38.0 Å². The number of hydrogen-bond donors (Lipinski definition) is 1. The first-order valence-corrected chi connectivity index (χ1v) is 8.85. The first kappa shape index (κ1) is 16.8. The summed E-state index contributed by atoms with van der Waals surface area (Å²) in [6.07, 6.45) is 10.9. The zero-order valence-corrected chi connectivity index (χ0v) is 14.7. The molecule has 1 aliphatic heterocycles. The van der Waals surface area contributed by atoms with Gasteiger partial charge in [0.05, 0.1) is 18.3 Å². The highest BCUT2D eigenvalue weighted by molar-refractivity contribution is 5.93. The number of aromatic nitrogens is 4. The molecule has 0 spiro atoms. The van der Waals surface area contributed by atoms with Crippen molar-refractivity contribution in [3.63, 3.8) is 0 Å². The van der Waals surface area contributed by atoms with Crippen molar-refractivity contribution >= 4 is 11.7 Å². The van der Waals surface area contributed by atoms with Crippen LogP contribution < -0.4 is 4.90 Å². The maximum Gasteiger partial charge on any atom is 0.256 e. The van der Waals surface area contributed by atoms with Gasteiger partial charge in [-0.1, -0.05) is 0 Å². The Hall–Kier alpha value is -2.61. The Kier molecular flexibility index (Phi) is 4.28. The fourth-order valence-electron chi connectivity index (χ4n) is 3.37. The highest BCUT2D eigenvalue weighted by Crippen LogP contribution is 2.37. The minimum atomic E-state index is -0.975. The average Bonchev–Trinajstić information content (AvgIpc) is 3.44. The fraction of sp³-hybridized carbons (Fsp3) is 0.500. The molecule has 0 bridgehead atoms. The van der Waals surface area contributed by atoms with E-state index in [-0.39, 0.29) is 12.5 Å². The molecule has 3 heterocycles. The molecule has 8 nitrogen and oxygen atoms in total. The van der Waals surface area contributed by atoms with E-state index in [0.717, 1.165) is 24.5 Å². The summed E-state index contributed by atoms with van der Waals surface area (Å²) in [7, 11) is 1.69. The zero-order valence-electron chi connectivity index (χ0n) is 14.7. The van der Waals surface area contributed by atoms with Crippen LogP contribution in [-0.4, -0.2) is 68.1 Å². The molecule has 2 fully saturated rings. The minimum absolute atomic E-state index is 0.182. The SMILES string of the molecule is CN(C[C@]1(O)CCN(c2cnccn2)C1)C(=O)c1cnc(C2CC2)nc1. The van der Waals surface area contributed by atoms with Crippen LogP contribution in [0.25, 0.3) is 0 Å². The number of carbonyl (C=O) groups is 1. The Morgan fingerprint density at radius 2 is 2.04 bits per heavy atom. The predicted octanol–water partition coefficient (Wildman–Crippen LogP) is 0.857. The summed E-state index contributed by atoms with van der Waals surface area (Å²) >= 11 is 0. The first-order valence-electron chi connectivity index (χ1n) is 8.85. The standard InChI is InChI=1S/C18H22N6O2/c1-23(17(25)14-8-21-16(22-9-14)13-2-3-13)11-18(26)4-7-24(12-18)15-10-19-5-6-20-15/h5-6,8-10,13,26H,2-4,7,11-12H2,1H3/t18-/m1/s1. The van der Waals surface area contributed by atoms with Crippen molar-refractivity contribution < 1.29 is 9.90 Å². The summed E-state index contributed by atoms with van der Waals surface area (Å²) in [6, 6.07) is 0. The maximum atomic E-state index is 12.6. The number of amides is 1. The molecule has 4 rings (SSSR count). The number of anilines is 1. The minimum Gasteiger partial charge on any atom is -0.386 e. The third-order valence-electron chi connectivity index (χ3n) is 4.95. The third-order valence-corrected chi connectivity index (χ3v) is 4.95. The van der Waals surface area contributed by atoms with Gasteiger partial charge in [0.25, 0.3) is 5.91 Å². The van der Waals surface area contributed by atoms with Gasteiger partial charge < -0.3 is 14.9 Å². The molecule has 0 aromatic carbocycles. The van der Waals surface area contributed by atoms with Gasteiger partial charge in [-0.2, -0.15) is 0 Å². The van der Waals surface area contributed by atoms with Crippen LogP contribution in [0.1, 0.15) is 41.4 Å². The Bertz CT molecular complexity index is 780. The summed E-state index contributed by atoms with van der Waals surface area (Å²) in [5.41, 5.74) is -0.527. The second-order valence-corrected chi connectivity index (χ2v) is 7.22. The van der Waals surface area contributed by atoms with Gasteiger partial charge in [0, 0.05) is 50.8 Å². The second-order valence-electron chi connectivity index (χ2n) is 7.22. The normalized spacial score (nSPS) is 22.5. The van der Waals surface area contributed by atoms with E-state index >= 15 is 0 Å². The van der Waals surface area contributed by atoms with Crippen LogP contribution in [0.4, 0.5) is 5.82 Å². The largest absolute Gasteiger partial charge is 0.386 e. The van der Waals surface area contributed by atoms with Gasteiger partial charge in [-0.3, -0.25) is 9.78 Å². The summed E-state index contributed by atoms with van der Waals surface area (Å²) in [5, 5.41) is 10.9. The van der Waals surface area contributed by atoms with Gasteiger partial charge in [-0.15, -0.1) is 0 Å². The number of likely N-dealkylation sites (N-methyl/N-ethyl adjacent to an activating group) is 1. The molecular formula is C18H22N6O2. The number of β-amino-alcohol motifs (C(OH)–C–C–N with tert-alkyl or cyclic N) is 1. The van der Waals surface area contributed by atoms with Crippen LogP contribution in [0.3, 0.4) is 0 Å². The Morgan fingerprint density at radius 3 is 2.69 bits per heavy atom. The van der Waals surface area contributed by atoms with E-state index in [2.05, 4.69) is 19.9 Å². The topological polar surface area (TPSA) is 95.3 Å². The van der Waals surface area contributed by atoms with Crippen molar-refractivity contribution in [3.8, 4) is 0 Å². The molecule has 0 unspecified atom stereocenters. The molecule has 136 valence electrons. The molecule has 0 radical (unpaired) electrons. The highest BCUT2D eigenvalue weighted by Gasteiger charge is 2.38. The number of hydrogen-bond acceptors (Lipinski definition) is 7. The van der Waals surface area contributed by atoms with E-state index in [4.69, 9.17) is 0 Å². The van der Waals surface area contributed by atoms with Crippen LogP contribution in [0.5, 0.6) is 0 Å². The van der Waals surface area contributed by atoms with Crippen molar-refractivity contribution in [1.29, 1.82) is 0 Å². The lowest BCUT2D eigenvalue weighted by Gasteiger charge is -2.29. The van der Waals surface area contributed by atoms with E-state index in [9.17, 15) is 9.90 Å². The van der Waals surface area contributed by atoms with E-state index in [1.165, 1.54) is 4.90 Å². The molecule has 1 aliphatic carbocycles. The Labute approximate surface area is 151 Å². The molecule has 2 aliphatic rings. The van der Waals surface area contributed by atoms with Crippen LogP contribution >= 0.6 is 0 Å². The van der Waals surface area contributed by atoms with Crippen molar-refractivity contribution in [2.24, 2.45) is 0 Å². The van der Waals surface area contributed by atoms with Gasteiger partial charge >= 0.3 is 0 Å². The lowest BCUT2D eigenvalue weighted by Crippen LogP contribution is -2.46. The monoisotopic (exact) mass is 354 g/mol. The van der Waals surface area contributed by atoms with Crippen molar-refractivity contribution in [2.45, 2.75) is 30.8 Å². The van der Waals surface area contributed by atoms with Crippen molar-refractivity contribution in [2.75, 3.05) is 31.6 Å². The zero-order chi connectivity index (χ0) is 18.1. The molecular weight excluding hydrogens is 332 g/mol. The van der Waals surface area contributed by atoms with Crippen LogP contribution in [-0.2, 0) is 0 Å². The lowest BCUT2D eigenvalue weighted by molar-refractivity contribution is 0.0264. The summed E-state index contributed by atoms with van der Waals surface area (Å²) < 4.78 is 0.